The van der Waals surface area contributed by atoms with Gasteiger partial charge in [0.05, 0.1) is 46.8 Å². The van der Waals surface area contributed by atoms with Crippen LogP contribution in [0.2, 0.25) is 0 Å². The lowest BCUT2D eigenvalue weighted by molar-refractivity contribution is -0.00129. The van der Waals surface area contributed by atoms with Crippen molar-refractivity contribution < 1.29 is 33.4 Å². The van der Waals surface area contributed by atoms with Gasteiger partial charge in [-0.15, -0.1) is 0 Å². The highest BCUT2D eigenvalue weighted by Crippen LogP contribution is 2.17. The minimum atomic E-state index is 0.423. The molecule has 9 heteroatoms. The molecule has 0 radical (unpaired) electrons. The Morgan fingerprint density at radius 2 is 1.49 bits per heavy atom. The maximum absolute atomic E-state index is 5.71. The highest BCUT2D eigenvalue weighted by atomic mass is 16.6. The highest BCUT2D eigenvalue weighted by Gasteiger charge is 2.10. The first-order valence-electron chi connectivity index (χ1n) is 12.1. The minimum Gasteiger partial charge on any atom is -0.492 e. The second-order valence-corrected chi connectivity index (χ2v) is 7.50. The molecule has 0 aliphatic heterocycles. The van der Waals surface area contributed by atoms with Crippen molar-refractivity contribution in [3.8, 4) is 0 Å². The van der Waals surface area contributed by atoms with E-state index in [1.54, 1.807) is 19.4 Å². The second kappa shape index (κ2) is 19.8. The first-order chi connectivity index (χ1) is 18.3. The van der Waals surface area contributed by atoms with E-state index in [-0.39, 0.29) is 0 Å². The Kier molecular flexibility index (Phi) is 16.0. The van der Waals surface area contributed by atoms with Crippen LogP contribution in [0.5, 0.6) is 0 Å². The van der Waals surface area contributed by atoms with E-state index >= 15 is 0 Å². The van der Waals surface area contributed by atoms with Gasteiger partial charge in [-0.1, -0.05) is 36.0 Å². The Morgan fingerprint density at radius 1 is 0.838 bits per heavy atom. The van der Waals surface area contributed by atoms with Gasteiger partial charge in [0, 0.05) is 17.8 Å². The smallest absolute Gasteiger partial charge is 0.121 e. The van der Waals surface area contributed by atoms with Crippen molar-refractivity contribution in [2.45, 2.75) is 6.42 Å². The third-order valence-corrected chi connectivity index (χ3v) is 4.82. The van der Waals surface area contributed by atoms with Gasteiger partial charge in [0.2, 0.25) is 0 Å². The summed E-state index contributed by atoms with van der Waals surface area (Å²) in [6.45, 7) is 7.56. The molecule has 0 saturated carbocycles. The molecule has 2 aliphatic rings. The fourth-order valence-electron chi connectivity index (χ4n) is 3.09. The second-order valence-electron chi connectivity index (χ2n) is 7.50. The summed E-state index contributed by atoms with van der Waals surface area (Å²) in [6.07, 6.45) is 21.6. The largest absolute Gasteiger partial charge is 0.492 e. The third-order valence-electron chi connectivity index (χ3n) is 4.82. The number of hydrogen-bond donors (Lipinski definition) is 1. The van der Waals surface area contributed by atoms with E-state index in [0.717, 1.165) is 17.8 Å². The Balaban J connectivity index is 1.41. The van der Waals surface area contributed by atoms with Gasteiger partial charge in [0.15, 0.2) is 0 Å². The molecule has 0 heterocycles. The Labute approximate surface area is 219 Å². The molecule has 0 amide bonds. The number of rotatable bonds is 19. The normalized spacial score (nSPS) is 18.4. The van der Waals surface area contributed by atoms with Gasteiger partial charge in [-0.25, -0.2) is 0 Å². The molecular weight excluding hydrogens is 476 g/mol. The van der Waals surface area contributed by atoms with Crippen LogP contribution in [0.15, 0.2) is 101 Å². The van der Waals surface area contributed by atoms with Crippen LogP contribution in [0.3, 0.4) is 0 Å². The number of allylic oxidation sites excluding steroid dienone is 12. The highest BCUT2D eigenvalue weighted by molar-refractivity contribution is 6.11. The number of nitrogens with one attached hydrogen (secondary N) is 1. The lowest BCUT2D eigenvalue weighted by atomic mass is 10.0. The lowest BCUT2D eigenvalue weighted by Crippen LogP contribution is -2.13. The fraction of sp³-hybridized carbons (Fsp3) is 0.393. The van der Waals surface area contributed by atoms with Crippen LogP contribution in [-0.4, -0.2) is 72.8 Å². The van der Waals surface area contributed by atoms with Crippen LogP contribution in [0.1, 0.15) is 6.42 Å². The number of oxime groups is 1. The van der Waals surface area contributed by atoms with Crippen molar-refractivity contribution in [1.29, 1.82) is 0 Å². The monoisotopic (exact) mass is 514 g/mol. The number of hydroxylamine groups is 1. The van der Waals surface area contributed by atoms with Gasteiger partial charge in [-0.3, -0.25) is 10.3 Å². The van der Waals surface area contributed by atoms with Crippen molar-refractivity contribution in [3.05, 3.63) is 96.2 Å². The third kappa shape index (κ3) is 13.5. The average molecular weight is 515 g/mol. The van der Waals surface area contributed by atoms with Crippen molar-refractivity contribution in [2.75, 3.05) is 67.1 Å². The van der Waals surface area contributed by atoms with Crippen LogP contribution in [-0.2, 0) is 33.4 Å². The fourth-order valence-corrected chi connectivity index (χ4v) is 3.09. The molecule has 202 valence electrons. The quantitative estimate of drug-likeness (QED) is 0.204. The maximum Gasteiger partial charge on any atom is 0.121 e. The first-order valence-corrected chi connectivity index (χ1v) is 12.1. The summed E-state index contributed by atoms with van der Waals surface area (Å²) in [5, 5.41) is 3.99. The average Bonchev–Trinajstić information content (AvgIpc) is 2.91. The van der Waals surface area contributed by atoms with Crippen LogP contribution in [0.4, 0.5) is 0 Å². The molecule has 0 atom stereocenters. The lowest BCUT2D eigenvalue weighted by Gasteiger charge is -2.13. The van der Waals surface area contributed by atoms with Gasteiger partial charge >= 0.3 is 0 Å². The predicted octanol–water partition coefficient (Wildman–Crippen LogP) is 4.07. The van der Waals surface area contributed by atoms with E-state index in [0.29, 0.717) is 64.3 Å². The summed E-state index contributed by atoms with van der Waals surface area (Å²) in [5.74, 6) is 1.55. The van der Waals surface area contributed by atoms with Gasteiger partial charge in [0.1, 0.15) is 37.6 Å². The van der Waals surface area contributed by atoms with E-state index in [9.17, 15) is 0 Å². The van der Waals surface area contributed by atoms with Gasteiger partial charge in [-0.2, -0.15) is 0 Å². The molecule has 0 aromatic carbocycles. The molecule has 0 unspecified atom stereocenters. The molecule has 2 rings (SSSR count). The number of nitrogens with zero attached hydrogens (tertiary/aromatic N) is 1. The Hall–Kier alpha value is -3.37. The molecule has 0 saturated heterocycles. The summed E-state index contributed by atoms with van der Waals surface area (Å²) >= 11 is 0. The molecule has 37 heavy (non-hydrogen) atoms. The van der Waals surface area contributed by atoms with E-state index in [1.165, 1.54) is 12.7 Å². The van der Waals surface area contributed by atoms with Crippen molar-refractivity contribution in [2.24, 2.45) is 5.16 Å². The van der Waals surface area contributed by atoms with Gasteiger partial charge in [-0.05, 0) is 42.4 Å². The summed E-state index contributed by atoms with van der Waals surface area (Å²) in [6, 6.07) is 0. The molecule has 0 spiro atoms. The SMILES string of the molecule is C=C/C=C1/C=CC(OCCOCCOCCOCCOC2=CC/C(=C\C=C/NOC)C=C2)=C/C1=N\OC. The van der Waals surface area contributed by atoms with Gasteiger partial charge in [0.25, 0.3) is 0 Å². The zero-order valence-electron chi connectivity index (χ0n) is 21.7. The Bertz CT molecular complexity index is 927. The summed E-state index contributed by atoms with van der Waals surface area (Å²) < 4.78 is 28.0. The molecule has 0 fully saturated rings. The van der Waals surface area contributed by atoms with Crippen LogP contribution in [0.25, 0.3) is 0 Å². The van der Waals surface area contributed by atoms with Gasteiger partial charge < -0.3 is 28.5 Å². The molecule has 9 nitrogen and oxygen atoms in total. The molecular formula is C28H38N2O7. The topological polar surface area (TPSA) is 89.0 Å². The zero-order chi connectivity index (χ0) is 26.4. The van der Waals surface area contributed by atoms with Crippen molar-refractivity contribution in [1.82, 2.24) is 5.48 Å². The molecule has 0 bridgehead atoms. The molecule has 0 aromatic heterocycles. The van der Waals surface area contributed by atoms with Crippen LogP contribution in [0, 0.1) is 0 Å². The molecule has 2 aliphatic carbocycles. The van der Waals surface area contributed by atoms with E-state index < -0.39 is 0 Å². The predicted molar refractivity (Wildman–Crippen MR) is 144 cm³/mol. The van der Waals surface area contributed by atoms with Crippen LogP contribution < -0.4 is 5.48 Å². The van der Waals surface area contributed by atoms with E-state index in [2.05, 4.69) is 17.2 Å². The number of ether oxygens (including phenoxy) is 5. The van der Waals surface area contributed by atoms with Crippen LogP contribution >= 0.6 is 0 Å². The Morgan fingerprint density at radius 3 is 2.08 bits per heavy atom. The van der Waals surface area contributed by atoms with E-state index in [4.69, 9.17) is 33.4 Å². The number of hydrogen-bond acceptors (Lipinski definition) is 9. The summed E-state index contributed by atoms with van der Waals surface area (Å²) in [4.78, 5) is 9.61. The standard InChI is InChI=1S/C28H38N2O7/c1-4-6-25-10-13-27(23-28(25)30-32-3)37-22-20-35-18-16-33-15-17-34-19-21-36-26-11-8-24(9-12-26)7-5-14-29-31-2/h4-8,10-14,23,29H,1,9,15-22H2,2-3H3/b14-5-,24-7-,25-6-,30-28+. The maximum atomic E-state index is 5.71. The van der Waals surface area contributed by atoms with Crippen molar-refractivity contribution >= 4 is 5.71 Å². The first kappa shape index (κ1) is 29.9. The van der Waals surface area contributed by atoms with E-state index in [1.807, 2.05) is 54.7 Å². The summed E-state index contributed by atoms with van der Waals surface area (Å²) in [7, 11) is 3.08. The molecule has 1 N–H and O–H groups in total. The molecule has 0 aromatic rings. The minimum absolute atomic E-state index is 0.423. The van der Waals surface area contributed by atoms with Crippen molar-refractivity contribution in [3.63, 3.8) is 0 Å². The summed E-state index contributed by atoms with van der Waals surface area (Å²) in [5.41, 5.74) is 5.41. The zero-order valence-corrected chi connectivity index (χ0v) is 21.7.